The van der Waals surface area contributed by atoms with Crippen molar-refractivity contribution in [1.82, 2.24) is 0 Å². The first-order valence-electron chi connectivity index (χ1n) is 6.28. The predicted molar refractivity (Wildman–Crippen MR) is 72.3 cm³/mol. The van der Waals surface area contributed by atoms with Crippen LogP contribution < -0.4 is 4.74 Å². The maximum Gasteiger partial charge on any atom is 0.141 e. The Bertz CT molecular complexity index is 662. The van der Waals surface area contributed by atoms with Crippen molar-refractivity contribution in [2.24, 2.45) is 0 Å². The molecule has 0 aromatic heterocycles. The molecular formula is C16H13F2NO. The smallest absolute Gasteiger partial charge is 0.141 e. The second-order valence-corrected chi connectivity index (χ2v) is 4.30. The summed E-state index contributed by atoms with van der Waals surface area (Å²) < 4.78 is 32.9. The summed E-state index contributed by atoms with van der Waals surface area (Å²) in [6.07, 6.45) is 0.838. The number of ether oxygens (including phenoxy) is 1. The van der Waals surface area contributed by atoms with Gasteiger partial charge in [-0.15, -0.1) is 0 Å². The standard InChI is InChI=1S/C16H13F2NO/c1-2-7-20-13-5-6-14(16(18)9-13)11-3-4-12(10-19)15(17)8-11/h3-6,8-9H,2,7H2,1H3. The van der Waals surface area contributed by atoms with Crippen molar-refractivity contribution in [2.45, 2.75) is 13.3 Å². The van der Waals surface area contributed by atoms with Gasteiger partial charge in [0.2, 0.25) is 0 Å². The molecule has 0 unspecified atom stereocenters. The molecule has 0 aliphatic rings. The van der Waals surface area contributed by atoms with Crippen molar-refractivity contribution in [3.05, 3.63) is 53.6 Å². The van der Waals surface area contributed by atoms with Crippen molar-refractivity contribution in [1.29, 1.82) is 5.26 Å². The zero-order chi connectivity index (χ0) is 14.5. The molecule has 2 aromatic rings. The van der Waals surface area contributed by atoms with Crippen LogP contribution in [0.25, 0.3) is 11.1 Å². The molecule has 0 heterocycles. The quantitative estimate of drug-likeness (QED) is 0.832. The first-order chi connectivity index (χ1) is 9.65. The maximum absolute atomic E-state index is 14.0. The number of nitriles is 1. The average Bonchev–Trinajstić information content (AvgIpc) is 2.45. The fraction of sp³-hybridized carbons (Fsp3) is 0.188. The summed E-state index contributed by atoms with van der Waals surface area (Å²) >= 11 is 0. The Hall–Kier alpha value is -2.41. The van der Waals surface area contributed by atoms with Gasteiger partial charge < -0.3 is 4.74 Å². The highest BCUT2D eigenvalue weighted by atomic mass is 19.1. The lowest BCUT2D eigenvalue weighted by molar-refractivity contribution is 0.316. The van der Waals surface area contributed by atoms with Crippen LogP contribution in [0.5, 0.6) is 5.75 Å². The second kappa shape index (κ2) is 6.16. The summed E-state index contributed by atoms with van der Waals surface area (Å²) in [6.45, 7) is 2.48. The van der Waals surface area contributed by atoms with E-state index < -0.39 is 11.6 Å². The molecule has 0 spiro atoms. The van der Waals surface area contributed by atoms with E-state index in [1.54, 1.807) is 18.2 Å². The minimum absolute atomic E-state index is 0.0583. The number of nitrogens with zero attached hydrogens (tertiary/aromatic N) is 1. The van der Waals surface area contributed by atoms with E-state index in [-0.39, 0.29) is 11.1 Å². The second-order valence-electron chi connectivity index (χ2n) is 4.30. The maximum atomic E-state index is 14.0. The van der Waals surface area contributed by atoms with Gasteiger partial charge in [-0.1, -0.05) is 13.0 Å². The van der Waals surface area contributed by atoms with Gasteiger partial charge in [0.1, 0.15) is 23.5 Å². The summed E-state index contributed by atoms with van der Waals surface area (Å²) in [5.74, 6) is -0.694. The van der Waals surface area contributed by atoms with Gasteiger partial charge in [0.15, 0.2) is 0 Å². The van der Waals surface area contributed by atoms with E-state index in [1.807, 2.05) is 6.92 Å². The number of benzene rings is 2. The van der Waals surface area contributed by atoms with Crippen molar-refractivity contribution < 1.29 is 13.5 Å². The van der Waals surface area contributed by atoms with Crippen molar-refractivity contribution in [2.75, 3.05) is 6.61 Å². The molecule has 4 heteroatoms. The molecule has 0 saturated carbocycles. The lowest BCUT2D eigenvalue weighted by atomic mass is 10.0. The molecule has 2 nitrogen and oxygen atoms in total. The number of halogens is 2. The SMILES string of the molecule is CCCOc1ccc(-c2ccc(C#N)c(F)c2)c(F)c1. The Morgan fingerprint density at radius 3 is 2.50 bits per heavy atom. The van der Waals surface area contributed by atoms with Gasteiger partial charge in [-0.25, -0.2) is 8.78 Å². The molecule has 20 heavy (non-hydrogen) atoms. The summed E-state index contributed by atoms with van der Waals surface area (Å²) in [7, 11) is 0. The molecule has 0 atom stereocenters. The third-order valence-corrected chi connectivity index (χ3v) is 2.81. The summed E-state index contributed by atoms with van der Waals surface area (Å²) in [4.78, 5) is 0. The highest BCUT2D eigenvalue weighted by Gasteiger charge is 2.09. The lowest BCUT2D eigenvalue weighted by Gasteiger charge is -2.08. The predicted octanol–water partition coefficient (Wildman–Crippen LogP) is 4.29. The third-order valence-electron chi connectivity index (χ3n) is 2.81. The number of rotatable bonds is 4. The lowest BCUT2D eigenvalue weighted by Crippen LogP contribution is -1.96. The molecule has 2 aromatic carbocycles. The zero-order valence-corrected chi connectivity index (χ0v) is 11.0. The van der Waals surface area contributed by atoms with Crippen molar-refractivity contribution in [3.63, 3.8) is 0 Å². The number of hydrogen-bond donors (Lipinski definition) is 0. The van der Waals surface area contributed by atoms with Crippen LogP contribution in [0.2, 0.25) is 0 Å². The number of hydrogen-bond acceptors (Lipinski definition) is 2. The Kier molecular flexibility index (Phi) is 4.31. The molecule has 0 N–H and O–H groups in total. The molecule has 0 aliphatic carbocycles. The molecule has 0 amide bonds. The topological polar surface area (TPSA) is 33.0 Å². The molecule has 0 radical (unpaired) electrons. The van der Waals surface area contributed by atoms with Crippen molar-refractivity contribution >= 4 is 0 Å². The van der Waals surface area contributed by atoms with Gasteiger partial charge in [0.25, 0.3) is 0 Å². The van der Waals surface area contributed by atoms with Gasteiger partial charge in [-0.2, -0.15) is 5.26 Å². The van der Waals surface area contributed by atoms with Crippen LogP contribution in [0.3, 0.4) is 0 Å². The summed E-state index contributed by atoms with van der Waals surface area (Å²) in [5, 5.41) is 8.67. The minimum atomic E-state index is -0.657. The van der Waals surface area contributed by atoms with Crippen molar-refractivity contribution in [3.8, 4) is 22.9 Å². The van der Waals surface area contributed by atoms with Crippen LogP contribution in [0, 0.1) is 23.0 Å². The van der Waals surface area contributed by atoms with E-state index in [4.69, 9.17) is 10.00 Å². The van der Waals surface area contributed by atoms with Crippen LogP contribution in [0.1, 0.15) is 18.9 Å². The fourth-order valence-corrected chi connectivity index (χ4v) is 1.81. The van der Waals surface area contributed by atoms with Crippen LogP contribution in [0.4, 0.5) is 8.78 Å². The van der Waals surface area contributed by atoms with Crippen LogP contribution >= 0.6 is 0 Å². The Morgan fingerprint density at radius 2 is 1.90 bits per heavy atom. The van der Waals surface area contributed by atoms with Gasteiger partial charge in [0.05, 0.1) is 12.2 Å². The molecular weight excluding hydrogens is 260 g/mol. The molecule has 2 rings (SSSR count). The van der Waals surface area contributed by atoms with Gasteiger partial charge in [-0.05, 0) is 36.2 Å². The first-order valence-corrected chi connectivity index (χ1v) is 6.28. The Morgan fingerprint density at radius 1 is 1.10 bits per heavy atom. The van der Waals surface area contributed by atoms with E-state index in [2.05, 4.69) is 0 Å². The summed E-state index contributed by atoms with van der Waals surface area (Å²) in [6, 6.07) is 10.2. The van der Waals surface area contributed by atoms with Crippen LogP contribution in [0.15, 0.2) is 36.4 Å². The fourth-order valence-electron chi connectivity index (χ4n) is 1.81. The molecule has 102 valence electrons. The van der Waals surface area contributed by atoms with Gasteiger partial charge >= 0.3 is 0 Å². The molecule has 0 fully saturated rings. The highest BCUT2D eigenvalue weighted by molar-refractivity contribution is 5.66. The van der Waals surface area contributed by atoms with Gasteiger partial charge in [0, 0.05) is 11.6 Å². The largest absolute Gasteiger partial charge is 0.494 e. The molecule has 0 aliphatic heterocycles. The molecule has 0 bridgehead atoms. The van der Waals surface area contributed by atoms with E-state index in [9.17, 15) is 8.78 Å². The van der Waals surface area contributed by atoms with Gasteiger partial charge in [-0.3, -0.25) is 0 Å². The first kappa shape index (κ1) is 14.0. The molecule has 0 saturated heterocycles. The highest BCUT2D eigenvalue weighted by Crippen LogP contribution is 2.27. The zero-order valence-electron chi connectivity index (χ0n) is 11.0. The minimum Gasteiger partial charge on any atom is -0.494 e. The Balaban J connectivity index is 2.34. The van der Waals surface area contributed by atoms with E-state index in [0.717, 1.165) is 12.5 Å². The monoisotopic (exact) mass is 273 g/mol. The average molecular weight is 273 g/mol. The van der Waals surface area contributed by atoms with E-state index in [1.165, 1.54) is 18.2 Å². The normalized spacial score (nSPS) is 10.1. The third kappa shape index (κ3) is 2.94. The van der Waals surface area contributed by atoms with Crippen LogP contribution in [-0.4, -0.2) is 6.61 Å². The summed E-state index contributed by atoms with van der Waals surface area (Å²) in [5.41, 5.74) is 0.607. The van der Waals surface area contributed by atoms with E-state index >= 15 is 0 Å². The van der Waals surface area contributed by atoms with E-state index in [0.29, 0.717) is 17.9 Å². The Labute approximate surface area is 116 Å². The van der Waals surface area contributed by atoms with Crippen LogP contribution in [-0.2, 0) is 0 Å².